The third kappa shape index (κ3) is 4.68. The Kier molecular flexibility index (Phi) is 6.10. The number of aliphatic imine (C=N–C) groups is 1. The van der Waals surface area contributed by atoms with Gasteiger partial charge in [0.2, 0.25) is 0 Å². The summed E-state index contributed by atoms with van der Waals surface area (Å²) in [4.78, 5) is 4.93. The zero-order valence-electron chi connectivity index (χ0n) is 21.5. The number of benzene rings is 4. The molecule has 4 aromatic rings. The Hall–Kier alpha value is -4.17. The van der Waals surface area contributed by atoms with Gasteiger partial charge in [-0.3, -0.25) is 4.99 Å². The van der Waals surface area contributed by atoms with Crippen LogP contribution in [0.5, 0.6) is 0 Å². The minimum absolute atomic E-state index is 0.0632. The SMILES string of the molecule is CC(=NCc1cccc(C2(C)C=CC=CC2)c1)c1ccc(C2C=Cc3ccc4ccccc4c3N2)cc1. The lowest BCUT2D eigenvalue weighted by molar-refractivity contribution is 0.599. The van der Waals surface area contributed by atoms with E-state index < -0.39 is 0 Å². The van der Waals surface area contributed by atoms with Gasteiger partial charge in [0.1, 0.15) is 0 Å². The Labute approximate surface area is 219 Å². The average Bonchev–Trinajstić information content (AvgIpc) is 2.96. The van der Waals surface area contributed by atoms with Crippen LogP contribution < -0.4 is 5.32 Å². The zero-order chi connectivity index (χ0) is 25.2. The van der Waals surface area contributed by atoms with Crippen LogP contribution in [0.1, 0.15) is 54.1 Å². The fourth-order valence-corrected chi connectivity index (χ4v) is 5.39. The van der Waals surface area contributed by atoms with Crippen molar-refractivity contribution in [2.45, 2.75) is 38.3 Å². The lowest BCUT2D eigenvalue weighted by atomic mass is 9.77. The van der Waals surface area contributed by atoms with Crippen LogP contribution in [0.15, 0.2) is 120 Å². The number of fused-ring (bicyclic) bond motifs is 3. The number of rotatable bonds is 5. The smallest absolute Gasteiger partial charge is 0.0701 e. The number of nitrogens with one attached hydrogen (secondary N) is 1. The first-order valence-corrected chi connectivity index (χ1v) is 13.1. The van der Waals surface area contributed by atoms with E-state index in [0.717, 1.165) is 17.7 Å². The molecular formula is C35H32N2. The highest BCUT2D eigenvalue weighted by Gasteiger charge is 2.23. The molecule has 0 saturated heterocycles. The highest BCUT2D eigenvalue weighted by atomic mass is 14.9. The van der Waals surface area contributed by atoms with Crippen molar-refractivity contribution in [3.05, 3.63) is 143 Å². The van der Waals surface area contributed by atoms with Crippen molar-refractivity contribution < 1.29 is 0 Å². The standard InChI is InChI=1S/C35H32N2/c1-25(36-24-26-9-8-11-31(23-26)35(2)21-6-3-7-22-35)27-13-16-29(17-14-27)33-20-19-30-18-15-28-10-4-5-12-32(28)34(30)37-33/h3-21,23,33,37H,22,24H2,1-2H3. The molecule has 2 unspecified atom stereocenters. The van der Waals surface area contributed by atoms with Gasteiger partial charge in [-0.1, -0.05) is 128 Å². The third-order valence-corrected chi connectivity index (χ3v) is 7.76. The van der Waals surface area contributed by atoms with E-state index in [0.29, 0.717) is 6.54 Å². The lowest BCUT2D eigenvalue weighted by Crippen LogP contribution is -2.19. The minimum atomic E-state index is 0.0632. The van der Waals surface area contributed by atoms with Crippen molar-refractivity contribution in [3.8, 4) is 0 Å². The monoisotopic (exact) mass is 480 g/mol. The predicted molar refractivity (Wildman–Crippen MR) is 158 cm³/mol. The molecule has 37 heavy (non-hydrogen) atoms. The molecule has 2 aliphatic rings. The van der Waals surface area contributed by atoms with Gasteiger partial charge in [-0.25, -0.2) is 0 Å². The average molecular weight is 481 g/mol. The summed E-state index contributed by atoms with van der Waals surface area (Å²) >= 11 is 0. The van der Waals surface area contributed by atoms with Crippen LogP contribution in [0.3, 0.4) is 0 Å². The Morgan fingerprint density at radius 2 is 1.81 bits per heavy atom. The summed E-state index contributed by atoms with van der Waals surface area (Å²) < 4.78 is 0. The van der Waals surface area contributed by atoms with Crippen molar-refractivity contribution in [2.24, 2.45) is 4.99 Å². The zero-order valence-corrected chi connectivity index (χ0v) is 21.5. The highest BCUT2D eigenvalue weighted by molar-refractivity contribution is 6.00. The van der Waals surface area contributed by atoms with E-state index in [1.807, 2.05) is 0 Å². The second-order valence-electron chi connectivity index (χ2n) is 10.4. The van der Waals surface area contributed by atoms with E-state index in [1.54, 1.807) is 0 Å². The summed E-state index contributed by atoms with van der Waals surface area (Å²) in [6.07, 6.45) is 14.4. The van der Waals surface area contributed by atoms with Crippen LogP contribution in [0, 0.1) is 0 Å². The minimum Gasteiger partial charge on any atom is -0.374 e. The maximum Gasteiger partial charge on any atom is 0.0701 e. The van der Waals surface area contributed by atoms with Crippen LogP contribution in [0.2, 0.25) is 0 Å². The number of nitrogens with zero attached hydrogens (tertiary/aromatic N) is 1. The second kappa shape index (κ2) is 9.71. The highest BCUT2D eigenvalue weighted by Crippen LogP contribution is 2.36. The summed E-state index contributed by atoms with van der Waals surface area (Å²) in [5.74, 6) is 0. The van der Waals surface area contributed by atoms with Crippen molar-refractivity contribution >= 4 is 28.2 Å². The first kappa shape index (κ1) is 23.2. The third-order valence-electron chi connectivity index (χ3n) is 7.76. The van der Waals surface area contributed by atoms with Gasteiger partial charge in [0, 0.05) is 16.5 Å². The van der Waals surface area contributed by atoms with E-state index in [4.69, 9.17) is 4.99 Å². The van der Waals surface area contributed by atoms with E-state index in [1.165, 1.54) is 38.7 Å². The molecule has 0 spiro atoms. The van der Waals surface area contributed by atoms with Crippen LogP contribution in [0.4, 0.5) is 5.69 Å². The molecule has 0 radical (unpaired) electrons. The summed E-state index contributed by atoms with van der Waals surface area (Å²) in [7, 11) is 0. The molecule has 0 fully saturated rings. The van der Waals surface area contributed by atoms with Gasteiger partial charge in [-0.05, 0) is 46.5 Å². The molecule has 1 aliphatic carbocycles. The van der Waals surface area contributed by atoms with Gasteiger partial charge < -0.3 is 5.32 Å². The molecule has 0 amide bonds. The maximum absolute atomic E-state index is 4.93. The Balaban J connectivity index is 1.17. The van der Waals surface area contributed by atoms with Gasteiger partial charge >= 0.3 is 0 Å². The molecule has 0 saturated carbocycles. The molecule has 2 nitrogen and oxygen atoms in total. The second-order valence-corrected chi connectivity index (χ2v) is 10.4. The van der Waals surface area contributed by atoms with Gasteiger partial charge in [0.25, 0.3) is 0 Å². The van der Waals surface area contributed by atoms with Crippen LogP contribution in [-0.4, -0.2) is 5.71 Å². The van der Waals surface area contributed by atoms with Crippen LogP contribution in [-0.2, 0) is 12.0 Å². The molecule has 2 heteroatoms. The number of hydrogen-bond donors (Lipinski definition) is 1. The van der Waals surface area contributed by atoms with Crippen molar-refractivity contribution in [1.29, 1.82) is 0 Å². The summed E-state index contributed by atoms with van der Waals surface area (Å²) in [5.41, 5.74) is 8.59. The molecule has 182 valence electrons. The van der Waals surface area contributed by atoms with Crippen LogP contribution >= 0.6 is 0 Å². The normalized spacial score (nSPS) is 20.6. The number of allylic oxidation sites excluding steroid dienone is 4. The largest absolute Gasteiger partial charge is 0.374 e. The molecule has 2 atom stereocenters. The molecule has 6 rings (SSSR count). The quantitative estimate of drug-likeness (QED) is 0.284. The lowest BCUT2D eigenvalue weighted by Gasteiger charge is -2.27. The Morgan fingerprint density at radius 3 is 2.65 bits per heavy atom. The fraction of sp³-hybridized carbons (Fsp3) is 0.171. The van der Waals surface area contributed by atoms with Crippen molar-refractivity contribution in [3.63, 3.8) is 0 Å². The Bertz CT molecular complexity index is 1570. The molecule has 1 heterocycles. The molecule has 1 aliphatic heterocycles. The predicted octanol–water partition coefficient (Wildman–Crippen LogP) is 8.80. The van der Waals surface area contributed by atoms with Gasteiger partial charge in [-0.15, -0.1) is 0 Å². The van der Waals surface area contributed by atoms with Gasteiger partial charge in [0.05, 0.1) is 18.3 Å². The number of hydrogen-bond acceptors (Lipinski definition) is 2. The molecule has 0 aromatic heterocycles. The number of anilines is 1. The van der Waals surface area contributed by atoms with E-state index in [9.17, 15) is 0 Å². The summed E-state index contributed by atoms with van der Waals surface area (Å²) in [6, 6.07) is 30.8. The van der Waals surface area contributed by atoms with Crippen molar-refractivity contribution in [1.82, 2.24) is 0 Å². The summed E-state index contributed by atoms with van der Waals surface area (Å²) in [6.45, 7) is 5.10. The Morgan fingerprint density at radius 1 is 0.946 bits per heavy atom. The van der Waals surface area contributed by atoms with E-state index in [-0.39, 0.29) is 11.5 Å². The van der Waals surface area contributed by atoms with E-state index >= 15 is 0 Å². The first-order chi connectivity index (χ1) is 18.1. The molecule has 4 aromatic carbocycles. The van der Waals surface area contributed by atoms with Gasteiger partial charge in [-0.2, -0.15) is 0 Å². The first-order valence-electron chi connectivity index (χ1n) is 13.1. The molecular weight excluding hydrogens is 448 g/mol. The van der Waals surface area contributed by atoms with E-state index in [2.05, 4.69) is 141 Å². The molecule has 0 bridgehead atoms. The topological polar surface area (TPSA) is 24.4 Å². The maximum atomic E-state index is 4.93. The molecule has 1 N–H and O–H groups in total. The summed E-state index contributed by atoms with van der Waals surface area (Å²) in [5, 5.41) is 6.29. The van der Waals surface area contributed by atoms with Crippen molar-refractivity contribution in [2.75, 3.05) is 5.32 Å². The van der Waals surface area contributed by atoms with Crippen LogP contribution in [0.25, 0.3) is 16.8 Å². The van der Waals surface area contributed by atoms with Gasteiger partial charge in [0.15, 0.2) is 0 Å². The fourth-order valence-electron chi connectivity index (χ4n) is 5.39.